The minimum absolute atomic E-state index is 0. The fourth-order valence-corrected chi connectivity index (χ4v) is 5.12. The van der Waals surface area contributed by atoms with Crippen LogP contribution in [0.15, 0.2) is 133 Å². The van der Waals surface area contributed by atoms with Gasteiger partial charge < -0.3 is 16.9 Å². The zero-order valence-electron chi connectivity index (χ0n) is 32.9. The summed E-state index contributed by atoms with van der Waals surface area (Å²) in [5.74, 6) is 2.85. The summed E-state index contributed by atoms with van der Waals surface area (Å²) in [5.41, 5.74) is 0.0805. The Balaban J connectivity index is -0.0000000381. The quantitative estimate of drug-likeness (QED) is 0.0342. The van der Waals surface area contributed by atoms with Crippen molar-refractivity contribution in [1.29, 1.82) is 0 Å². The third-order valence-electron chi connectivity index (χ3n) is 4.96. The van der Waals surface area contributed by atoms with Crippen LogP contribution in [-0.4, -0.2) is 29.8 Å². The van der Waals surface area contributed by atoms with Crippen LogP contribution in [0.3, 0.4) is 0 Å². The molecule has 330 valence electrons. The van der Waals surface area contributed by atoms with Gasteiger partial charge in [-0.05, 0) is 35.1 Å². The predicted molar refractivity (Wildman–Crippen MR) is 209 cm³/mol. The largest absolute Gasteiger partial charge is 0.462 e. The molecule has 0 saturated heterocycles. The van der Waals surface area contributed by atoms with E-state index in [9.17, 15) is 4.79 Å². The van der Waals surface area contributed by atoms with Crippen molar-refractivity contribution in [2.75, 3.05) is 13.1 Å². The molecule has 0 atom stereocenters. The van der Waals surface area contributed by atoms with Crippen LogP contribution in [0.1, 0.15) is 13.8 Å². The summed E-state index contributed by atoms with van der Waals surface area (Å²) < 4.78 is 84.4. The third-order valence-corrected chi connectivity index (χ3v) is 7.44. The van der Waals surface area contributed by atoms with Crippen LogP contribution in [0.2, 0.25) is 0 Å². The molecule has 63 heavy (non-hydrogen) atoms. The monoisotopic (exact) mass is 1050 g/mol. The van der Waals surface area contributed by atoms with Gasteiger partial charge in [-0.1, -0.05) is 138 Å². The first-order valence-corrected chi connectivity index (χ1v) is 16.5. The molecular weight excluding hydrogens is 1020 g/mol. The maximum absolute atomic E-state index is 9.92. The Labute approximate surface area is 416 Å². The number of nitrogens with zero attached hydrogens (tertiary/aromatic N) is 1. The van der Waals surface area contributed by atoms with Gasteiger partial charge in [-0.3, -0.25) is 0 Å². The summed E-state index contributed by atoms with van der Waals surface area (Å²) in [5, 5.41) is 5.59. The summed E-state index contributed by atoms with van der Waals surface area (Å²) in [6.45, 7) is 60.4. The molecule has 0 unspecified atom stereocenters. The van der Waals surface area contributed by atoms with Gasteiger partial charge in [-0.2, -0.15) is 6.08 Å². The van der Waals surface area contributed by atoms with E-state index in [1.165, 1.54) is 27.3 Å². The Bertz CT molecular complexity index is 1520. The summed E-state index contributed by atoms with van der Waals surface area (Å²) >= 11 is 0. The van der Waals surface area contributed by atoms with E-state index in [4.69, 9.17) is 57.8 Å². The molecule has 0 aliphatic carbocycles. The molecule has 0 saturated carbocycles. The maximum Gasteiger partial charge on any atom is 0.147 e. The molecule has 0 bridgehead atoms. The Morgan fingerprint density at radius 2 is 0.635 bits per heavy atom. The summed E-state index contributed by atoms with van der Waals surface area (Å²) in [7, 11) is 1.55. The zero-order chi connectivity index (χ0) is 48.6. The molecule has 0 heterocycles. The zero-order valence-corrected chi connectivity index (χ0v) is 39.3. The van der Waals surface area contributed by atoms with Crippen molar-refractivity contribution >= 4 is 50.5 Å². The van der Waals surface area contributed by atoms with Gasteiger partial charge in [0.2, 0.25) is 0 Å². The first-order chi connectivity index (χ1) is 29.1. The number of benzene rings is 4. The first-order valence-electron chi connectivity index (χ1n) is 14.5. The first kappa shape index (κ1) is 97.9. The van der Waals surface area contributed by atoms with Crippen LogP contribution in [0, 0.1) is 79.7 Å². The normalized spacial score (nSPS) is 5.84. The van der Waals surface area contributed by atoms with Gasteiger partial charge in [-0.25, -0.2) is 4.58 Å². The molecule has 13 nitrogen and oxygen atoms in total. The smallest absolute Gasteiger partial charge is 0.147 e. The van der Waals surface area contributed by atoms with Gasteiger partial charge in [0.05, 0.1) is 0 Å². The van der Waals surface area contributed by atoms with Gasteiger partial charge in [0, 0.05) is 74.1 Å². The van der Waals surface area contributed by atoms with Crippen LogP contribution < -0.4 is 21.2 Å². The molecule has 0 aromatic heterocycles. The Morgan fingerprint density at radius 1 is 0.460 bits per heavy atom. The van der Waals surface area contributed by atoms with E-state index < -0.39 is 0 Å². The van der Waals surface area contributed by atoms with Crippen LogP contribution >= 0.6 is 17.2 Å². The van der Waals surface area contributed by atoms with Gasteiger partial charge in [0.25, 0.3) is 0 Å². The topological polar surface area (TPSA) is 239 Å². The minimum atomic E-state index is 0. The molecule has 0 spiro atoms. The molecule has 0 amide bonds. The van der Waals surface area contributed by atoms with E-state index in [1.54, 1.807) is 6.29 Å². The fraction of sp³-hybridized carbons (Fsp3) is 0.0909. The van der Waals surface area contributed by atoms with Crippen molar-refractivity contribution in [2.45, 2.75) is 13.8 Å². The van der Waals surface area contributed by atoms with Crippen molar-refractivity contribution in [2.24, 2.45) is 0 Å². The van der Waals surface area contributed by atoms with Crippen LogP contribution in [-0.2, 0) is 124 Å². The maximum atomic E-state index is 9.92. The average molecular weight is 1050 g/mol. The van der Waals surface area contributed by atoms with Crippen LogP contribution in [0.4, 0.5) is 0 Å². The number of rotatable bonds is 8. The molecule has 4 rings (SSSR count). The Kier molecular flexibility index (Phi) is 174. The Hall–Kier alpha value is -4.18. The molecule has 0 N–H and O–H groups in total. The van der Waals surface area contributed by atoms with E-state index in [1.807, 2.05) is 18.4 Å². The van der Waals surface area contributed by atoms with Gasteiger partial charge in [0.15, 0.2) is 0 Å². The number of carbonyl (C=O) groups excluding carboxylic acids is 1. The summed E-state index contributed by atoms with van der Waals surface area (Å²) in [6, 6.07) is 42.3. The molecule has 0 aliphatic rings. The third kappa shape index (κ3) is 82.2. The van der Waals surface area contributed by atoms with Gasteiger partial charge >= 0.3 is 124 Å². The number of allylic oxidation sites excluding steroid dienone is 2. The SMILES string of the molecule is [C-]#[O+].[C-]#[O+].[C-]#[O+].[C-]#[O+].[C-]#[O+].[C-]#[O+].[C-]#[O+].[C-]#[O+].[C-]#[O+].[C-]#[O+].[C-]#[O+].[CH-]=C([C-]=O)C=C=[N+](CC)CC.[Fe].[Fe].[Fe].[Fe].c1ccc(Pc2ccccc2)cc1.c1ccc(Pc2ccccc2)cc1. The van der Waals surface area contributed by atoms with Crippen molar-refractivity contribution in [3.05, 3.63) is 213 Å². The summed E-state index contributed by atoms with van der Waals surface area (Å²) in [4.78, 5) is 9.92. The number of hydrogen-bond acceptors (Lipinski definition) is 1. The fourth-order valence-electron chi connectivity index (χ4n) is 3.02. The Morgan fingerprint density at radius 3 is 0.778 bits per heavy atom. The van der Waals surface area contributed by atoms with Crippen LogP contribution in [0.5, 0.6) is 0 Å². The molecule has 0 aliphatic heterocycles. The van der Waals surface area contributed by atoms with Crippen molar-refractivity contribution in [1.82, 2.24) is 0 Å². The van der Waals surface area contributed by atoms with Crippen molar-refractivity contribution < 1.29 is 129 Å². The predicted octanol–water partition coefficient (Wildman–Crippen LogP) is 4.94. The van der Waals surface area contributed by atoms with Gasteiger partial charge in [0.1, 0.15) is 13.1 Å². The molecule has 0 radical (unpaired) electrons. The van der Waals surface area contributed by atoms with E-state index in [0.29, 0.717) is 0 Å². The standard InChI is InChI=1S/2C12H11P.C9H12NO.11CO.4Fe/c2*1-3-7-11(8-4-1)13-12-9-5-2-6-10-12;1-4-10(5-2)7-6-9(3)8-11;11*1-2;;;;/h2*1-10,13H;3,6H,4-5H2,1-2H3;;;;;;;;;;;;;;;/q;;-1;;;;;;;;;;;;;;;. The molecule has 4 aromatic rings. The minimum Gasteiger partial charge on any atom is -0.462 e. The second-order valence-electron chi connectivity index (χ2n) is 7.72. The molecule has 4 aromatic carbocycles. The molecule has 0 fully saturated rings. The molecular formula is C44H34Fe4NO12P2-. The van der Waals surface area contributed by atoms with Crippen LogP contribution in [0.25, 0.3) is 0 Å². The van der Waals surface area contributed by atoms with E-state index in [0.717, 1.165) is 30.3 Å². The van der Waals surface area contributed by atoms with E-state index in [2.05, 4.69) is 200 Å². The number of hydrogen-bond donors (Lipinski definition) is 0. The second-order valence-corrected chi connectivity index (χ2v) is 10.5. The second kappa shape index (κ2) is 112. The average Bonchev–Trinajstić information content (AvgIpc) is 3.38. The molecule has 19 heteroatoms. The van der Waals surface area contributed by atoms with Crippen molar-refractivity contribution in [3.8, 4) is 0 Å². The van der Waals surface area contributed by atoms with E-state index in [-0.39, 0.29) is 73.8 Å². The van der Waals surface area contributed by atoms with Gasteiger partial charge in [-0.15, -0.1) is 6.29 Å². The van der Waals surface area contributed by atoms with E-state index >= 15 is 0 Å². The summed E-state index contributed by atoms with van der Waals surface area (Å²) in [6.07, 6.45) is 3.00. The van der Waals surface area contributed by atoms with Crippen molar-refractivity contribution in [3.63, 3.8) is 0 Å².